The first kappa shape index (κ1) is 16.5. The van der Waals surface area contributed by atoms with Gasteiger partial charge in [-0.2, -0.15) is 4.98 Å². The van der Waals surface area contributed by atoms with Gasteiger partial charge in [0.1, 0.15) is 11.3 Å². The number of fused-ring (bicyclic) bond motifs is 1. The van der Waals surface area contributed by atoms with Crippen LogP contribution in [0.4, 0.5) is 11.7 Å². The standard InChI is InChI=1S/C18H17N3O4/c1-11-5-3-4-6-15(11)24-10-17(23)21-18-20-14-8-7-13(19-12(2)22)9-16(14)25-18/h3-9H,10H2,1-2H3,(H,19,22)(H,20,21,23). The Balaban J connectivity index is 1.65. The number of rotatable bonds is 5. The molecule has 2 aromatic carbocycles. The third kappa shape index (κ3) is 4.14. The van der Waals surface area contributed by atoms with Crippen molar-refractivity contribution in [1.29, 1.82) is 0 Å². The van der Waals surface area contributed by atoms with Crippen molar-refractivity contribution in [2.24, 2.45) is 0 Å². The first-order valence-corrected chi connectivity index (χ1v) is 7.68. The average Bonchev–Trinajstić information content (AvgIpc) is 2.95. The second-order valence-electron chi connectivity index (χ2n) is 5.49. The maximum atomic E-state index is 12.0. The second kappa shape index (κ2) is 7.04. The molecule has 0 spiro atoms. The molecule has 25 heavy (non-hydrogen) atoms. The number of aromatic nitrogens is 1. The van der Waals surface area contributed by atoms with Crippen LogP contribution in [-0.2, 0) is 9.59 Å². The van der Waals surface area contributed by atoms with Crippen LogP contribution in [0.1, 0.15) is 12.5 Å². The van der Waals surface area contributed by atoms with Gasteiger partial charge in [0.05, 0.1) is 0 Å². The number of oxazole rings is 1. The van der Waals surface area contributed by atoms with Gasteiger partial charge >= 0.3 is 6.01 Å². The largest absolute Gasteiger partial charge is 0.483 e. The summed E-state index contributed by atoms with van der Waals surface area (Å²) in [6.45, 7) is 3.17. The number of anilines is 2. The zero-order valence-electron chi connectivity index (χ0n) is 13.8. The summed E-state index contributed by atoms with van der Waals surface area (Å²) < 4.78 is 11.0. The predicted molar refractivity (Wildman–Crippen MR) is 93.6 cm³/mol. The Morgan fingerprint density at radius 2 is 1.96 bits per heavy atom. The monoisotopic (exact) mass is 339 g/mol. The fourth-order valence-electron chi connectivity index (χ4n) is 2.28. The zero-order chi connectivity index (χ0) is 17.8. The second-order valence-corrected chi connectivity index (χ2v) is 5.49. The highest BCUT2D eigenvalue weighted by Crippen LogP contribution is 2.22. The topological polar surface area (TPSA) is 93.5 Å². The third-order valence-corrected chi connectivity index (χ3v) is 3.41. The van der Waals surface area contributed by atoms with E-state index in [2.05, 4.69) is 15.6 Å². The fourth-order valence-corrected chi connectivity index (χ4v) is 2.28. The van der Waals surface area contributed by atoms with Gasteiger partial charge in [0, 0.05) is 18.7 Å². The van der Waals surface area contributed by atoms with Crippen LogP contribution < -0.4 is 15.4 Å². The average molecular weight is 339 g/mol. The van der Waals surface area contributed by atoms with Gasteiger partial charge in [-0.05, 0) is 30.7 Å². The van der Waals surface area contributed by atoms with E-state index in [0.29, 0.717) is 22.5 Å². The Morgan fingerprint density at radius 3 is 2.72 bits per heavy atom. The van der Waals surface area contributed by atoms with Gasteiger partial charge in [0.2, 0.25) is 5.91 Å². The number of ether oxygens (including phenoxy) is 1. The zero-order valence-corrected chi connectivity index (χ0v) is 13.8. The van der Waals surface area contributed by atoms with Crippen LogP contribution in [0, 0.1) is 6.92 Å². The number of nitrogens with zero attached hydrogens (tertiary/aromatic N) is 1. The molecular formula is C18H17N3O4. The van der Waals surface area contributed by atoms with Gasteiger partial charge in [-0.25, -0.2) is 0 Å². The van der Waals surface area contributed by atoms with Crippen molar-refractivity contribution in [3.05, 3.63) is 48.0 Å². The number of benzene rings is 2. The number of nitrogens with one attached hydrogen (secondary N) is 2. The quantitative estimate of drug-likeness (QED) is 0.745. The minimum Gasteiger partial charge on any atom is -0.483 e. The summed E-state index contributed by atoms with van der Waals surface area (Å²) in [7, 11) is 0. The van der Waals surface area contributed by atoms with E-state index in [0.717, 1.165) is 5.56 Å². The lowest BCUT2D eigenvalue weighted by Crippen LogP contribution is -2.20. The van der Waals surface area contributed by atoms with Crippen molar-refractivity contribution >= 4 is 34.6 Å². The molecule has 3 rings (SSSR count). The molecule has 2 N–H and O–H groups in total. The molecule has 0 atom stereocenters. The number of para-hydroxylation sites is 1. The molecule has 0 fully saturated rings. The minimum absolute atomic E-state index is 0.0772. The van der Waals surface area contributed by atoms with E-state index in [1.807, 2.05) is 25.1 Å². The minimum atomic E-state index is -0.378. The van der Waals surface area contributed by atoms with Crippen molar-refractivity contribution in [2.75, 3.05) is 17.2 Å². The van der Waals surface area contributed by atoms with Crippen LogP contribution in [0.25, 0.3) is 11.1 Å². The van der Waals surface area contributed by atoms with E-state index in [-0.39, 0.29) is 24.4 Å². The van der Waals surface area contributed by atoms with Crippen LogP contribution >= 0.6 is 0 Å². The van der Waals surface area contributed by atoms with E-state index >= 15 is 0 Å². The maximum absolute atomic E-state index is 12.0. The summed E-state index contributed by atoms with van der Waals surface area (Å²) in [6, 6.07) is 12.6. The molecule has 7 heteroatoms. The molecule has 0 aliphatic heterocycles. The van der Waals surface area contributed by atoms with Gasteiger partial charge in [-0.3, -0.25) is 14.9 Å². The van der Waals surface area contributed by atoms with E-state index in [1.165, 1.54) is 6.92 Å². The lowest BCUT2D eigenvalue weighted by Gasteiger charge is -2.07. The molecule has 0 saturated carbocycles. The molecule has 0 radical (unpaired) electrons. The van der Waals surface area contributed by atoms with Gasteiger partial charge in [0.15, 0.2) is 12.2 Å². The molecule has 1 heterocycles. The molecule has 7 nitrogen and oxygen atoms in total. The molecule has 0 unspecified atom stereocenters. The predicted octanol–water partition coefficient (Wildman–Crippen LogP) is 3.11. The Morgan fingerprint density at radius 1 is 1.16 bits per heavy atom. The molecule has 0 bridgehead atoms. The maximum Gasteiger partial charge on any atom is 0.302 e. The van der Waals surface area contributed by atoms with E-state index in [1.54, 1.807) is 24.3 Å². The number of carbonyl (C=O) groups is 2. The summed E-state index contributed by atoms with van der Waals surface area (Å²) in [5, 5.41) is 5.21. The van der Waals surface area contributed by atoms with Crippen molar-refractivity contribution in [3.8, 4) is 5.75 Å². The van der Waals surface area contributed by atoms with Crippen molar-refractivity contribution < 1.29 is 18.7 Å². The molecule has 128 valence electrons. The van der Waals surface area contributed by atoms with E-state index < -0.39 is 0 Å². The molecule has 3 aromatic rings. The molecule has 0 aliphatic rings. The van der Waals surface area contributed by atoms with Gasteiger partial charge in [-0.15, -0.1) is 0 Å². The number of hydrogen-bond donors (Lipinski definition) is 2. The Labute approximate surface area is 144 Å². The Hall–Kier alpha value is -3.35. The highest BCUT2D eigenvalue weighted by Gasteiger charge is 2.11. The van der Waals surface area contributed by atoms with Crippen LogP contribution in [0.5, 0.6) is 5.75 Å². The summed E-state index contributed by atoms with van der Waals surface area (Å²) >= 11 is 0. The number of amides is 2. The van der Waals surface area contributed by atoms with Crippen LogP contribution in [0.15, 0.2) is 46.9 Å². The van der Waals surface area contributed by atoms with Crippen LogP contribution in [-0.4, -0.2) is 23.4 Å². The van der Waals surface area contributed by atoms with Crippen LogP contribution in [0.2, 0.25) is 0 Å². The van der Waals surface area contributed by atoms with Gasteiger partial charge in [-0.1, -0.05) is 18.2 Å². The van der Waals surface area contributed by atoms with Crippen molar-refractivity contribution in [1.82, 2.24) is 4.98 Å². The fraction of sp³-hybridized carbons (Fsp3) is 0.167. The highest BCUT2D eigenvalue weighted by molar-refractivity contribution is 5.93. The van der Waals surface area contributed by atoms with Crippen molar-refractivity contribution in [3.63, 3.8) is 0 Å². The van der Waals surface area contributed by atoms with Crippen LogP contribution in [0.3, 0.4) is 0 Å². The number of carbonyl (C=O) groups excluding carboxylic acids is 2. The first-order chi connectivity index (χ1) is 12.0. The summed E-state index contributed by atoms with van der Waals surface area (Å²) in [6.07, 6.45) is 0. The van der Waals surface area contributed by atoms with E-state index in [9.17, 15) is 9.59 Å². The Kier molecular flexibility index (Phi) is 4.65. The molecule has 0 aliphatic carbocycles. The molecular weight excluding hydrogens is 322 g/mol. The van der Waals surface area contributed by atoms with Crippen molar-refractivity contribution in [2.45, 2.75) is 13.8 Å². The smallest absolute Gasteiger partial charge is 0.302 e. The SMILES string of the molecule is CC(=O)Nc1ccc2nc(NC(=O)COc3ccccc3C)oc2c1. The number of aryl methyl sites for hydroxylation is 1. The molecule has 1 aromatic heterocycles. The summed E-state index contributed by atoms with van der Waals surface area (Å²) in [4.78, 5) is 27.3. The first-order valence-electron chi connectivity index (χ1n) is 7.68. The lowest BCUT2D eigenvalue weighted by molar-refractivity contribution is -0.118. The summed E-state index contributed by atoms with van der Waals surface area (Å²) in [5.41, 5.74) is 2.57. The third-order valence-electron chi connectivity index (χ3n) is 3.41. The summed E-state index contributed by atoms with van der Waals surface area (Å²) in [5.74, 6) is 0.0906. The molecule has 0 saturated heterocycles. The van der Waals surface area contributed by atoms with Gasteiger partial charge in [0.25, 0.3) is 5.91 Å². The van der Waals surface area contributed by atoms with Gasteiger partial charge < -0.3 is 14.5 Å². The number of hydrogen-bond acceptors (Lipinski definition) is 5. The highest BCUT2D eigenvalue weighted by atomic mass is 16.5. The Bertz CT molecular complexity index is 933. The lowest BCUT2D eigenvalue weighted by atomic mass is 10.2. The normalized spacial score (nSPS) is 10.5. The van der Waals surface area contributed by atoms with E-state index in [4.69, 9.17) is 9.15 Å². The molecule has 2 amide bonds.